The van der Waals surface area contributed by atoms with Crippen molar-refractivity contribution in [3.8, 4) is 5.75 Å². The van der Waals surface area contributed by atoms with E-state index in [2.05, 4.69) is 10.1 Å². The lowest BCUT2D eigenvalue weighted by Gasteiger charge is -2.21. The molecule has 1 fully saturated rings. The molecule has 9 heteroatoms. The summed E-state index contributed by atoms with van der Waals surface area (Å²) in [7, 11) is 1.46. The van der Waals surface area contributed by atoms with Gasteiger partial charge in [-0.05, 0) is 18.6 Å². The fraction of sp³-hybridized carbons (Fsp3) is 0.533. The highest BCUT2D eigenvalue weighted by Gasteiger charge is 2.31. The molecule has 6 nitrogen and oxygen atoms in total. The number of nitrogens with two attached hydrogens (primary N) is 1. The molecule has 1 saturated heterocycles. The smallest absolute Gasteiger partial charge is 0.406 e. The number of carbonyl (C=O) groups is 1. The number of nitrogens with one attached hydrogen (secondary N) is 1. The lowest BCUT2D eigenvalue weighted by molar-refractivity contribution is -0.274. The summed E-state index contributed by atoms with van der Waals surface area (Å²) in [6.45, 7) is 1.22. The third kappa shape index (κ3) is 5.27. The first-order valence-corrected chi connectivity index (χ1v) is 7.44. The predicted molar refractivity (Wildman–Crippen MR) is 81.7 cm³/mol. The Morgan fingerprint density at radius 1 is 1.50 bits per heavy atom. The van der Waals surface area contributed by atoms with Crippen LogP contribution < -0.4 is 20.7 Å². The first-order chi connectivity index (χ1) is 11.3. The van der Waals surface area contributed by atoms with Gasteiger partial charge in [-0.3, -0.25) is 4.79 Å². The number of nitrogens with zero attached hydrogens (tertiary/aromatic N) is 1. The SMILES string of the molecule is COCC(N)C(=O)NC1CCN(c2cccc(OC(F)(F)F)c2)C1. The Morgan fingerprint density at radius 2 is 2.25 bits per heavy atom. The molecule has 0 aromatic heterocycles. The molecule has 2 atom stereocenters. The van der Waals surface area contributed by atoms with Crippen molar-refractivity contribution in [1.82, 2.24) is 5.32 Å². The fourth-order valence-corrected chi connectivity index (χ4v) is 2.55. The normalized spacial score (nSPS) is 19.2. The summed E-state index contributed by atoms with van der Waals surface area (Å²) in [4.78, 5) is 13.7. The summed E-state index contributed by atoms with van der Waals surface area (Å²) < 4.78 is 45.6. The second-order valence-electron chi connectivity index (χ2n) is 5.55. The molecular weight excluding hydrogens is 327 g/mol. The van der Waals surface area contributed by atoms with Crippen LogP contribution in [0.4, 0.5) is 18.9 Å². The van der Waals surface area contributed by atoms with E-state index < -0.39 is 12.4 Å². The zero-order chi connectivity index (χ0) is 17.7. The number of carbonyl (C=O) groups excluding carboxylic acids is 1. The molecule has 2 unspecified atom stereocenters. The minimum absolute atomic E-state index is 0.118. The van der Waals surface area contributed by atoms with E-state index in [1.807, 2.05) is 4.90 Å². The number of halogens is 3. The Labute approximate surface area is 137 Å². The molecule has 2 rings (SSSR count). The summed E-state index contributed by atoms with van der Waals surface area (Å²) in [6, 6.07) is 4.91. The van der Waals surface area contributed by atoms with E-state index in [4.69, 9.17) is 10.5 Å². The summed E-state index contributed by atoms with van der Waals surface area (Å²) in [5.41, 5.74) is 6.26. The van der Waals surface area contributed by atoms with Gasteiger partial charge in [-0.2, -0.15) is 0 Å². The first-order valence-electron chi connectivity index (χ1n) is 7.44. The van der Waals surface area contributed by atoms with E-state index >= 15 is 0 Å². The van der Waals surface area contributed by atoms with Crippen LogP contribution in [0.3, 0.4) is 0 Å². The topological polar surface area (TPSA) is 76.8 Å². The Morgan fingerprint density at radius 3 is 2.92 bits per heavy atom. The highest BCUT2D eigenvalue weighted by atomic mass is 19.4. The van der Waals surface area contributed by atoms with Crippen molar-refractivity contribution in [1.29, 1.82) is 0 Å². The molecule has 24 heavy (non-hydrogen) atoms. The van der Waals surface area contributed by atoms with Gasteiger partial charge in [-0.1, -0.05) is 6.07 Å². The van der Waals surface area contributed by atoms with Gasteiger partial charge in [0.25, 0.3) is 0 Å². The minimum atomic E-state index is -4.72. The number of amides is 1. The van der Waals surface area contributed by atoms with Crippen molar-refractivity contribution in [3.63, 3.8) is 0 Å². The molecule has 0 aliphatic carbocycles. The van der Waals surface area contributed by atoms with Gasteiger partial charge in [-0.15, -0.1) is 13.2 Å². The maximum absolute atomic E-state index is 12.3. The van der Waals surface area contributed by atoms with Gasteiger partial charge in [0, 0.05) is 38.0 Å². The molecular formula is C15H20F3N3O3. The van der Waals surface area contributed by atoms with Crippen LogP contribution in [0, 0.1) is 0 Å². The van der Waals surface area contributed by atoms with Gasteiger partial charge < -0.3 is 25.4 Å². The number of alkyl halides is 3. The Kier molecular flexibility index (Phi) is 5.89. The highest BCUT2D eigenvalue weighted by Crippen LogP contribution is 2.28. The molecule has 134 valence electrons. The molecule has 0 saturated carbocycles. The average molecular weight is 347 g/mol. The second kappa shape index (κ2) is 7.71. The third-order valence-electron chi connectivity index (χ3n) is 3.63. The second-order valence-corrected chi connectivity index (χ2v) is 5.55. The van der Waals surface area contributed by atoms with Gasteiger partial charge >= 0.3 is 6.36 Å². The molecule has 1 amide bonds. The Bertz CT molecular complexity index is 568. The van der Waals surface area contributed by atoms with Crippen LogP contribution in [0.15, 0.2) is 24.3 Å². The van der Waals surface area contributed by atoms with Crippen LogP contribution in [0.2, 0.25) is 0 Å². The van der Waals surface area contributed by atoms with Gasteiger partial charge in [-0.25, -0.2) is 0 Å². The summed E-state index contributed by atoms with van der Waals surface area (Å²) in [5.74, 6) is -0.576. The van der Waals surface area contributed by atoms with Crippen molar-refractivity contribution in [3.05, 3.63) is 24.3 Å². The first kappa shape index (κ1) is 18.3. The number of anilines is 1. The van der Waals surface area contributed by atoms with Crippen molar-refractivity contribution < 1.29 is 27.4 Å². The monoisotopic (exact) mass is 347 g/mol. The highest BCUT2D eigenvalue weighted by molar-refractivity contribution is 5.82. The number of hydrogen-bond donors (Lipinski definition) is 2. The van der Waals surface area contributed by atoms with Gasteiger partial charge in [0.05, 0.1) is 6.61 Å². The molecule has 0 bridgehead atoms. The largest absolute Gasteiger partial charge is 0.573 e. The number of hydrogen-bond acceptors (Lipinski definition) is 5. The zero-order valence-corrected chi connectivity index (χ0v) is 13.2. The van der Waals surface area contributed by atoms with Gasteiger partial charge in [0.2, 0.25) is 5.91 Å². The lowest BCUT2D eigenvalue weighted by Crippen LogP contribution is -2.48. The lowest BCUT2D eigenvalue weighted by atomic mass is 10.2. The molecule has 1 heterocycles. The molecule has 3 N–H and O–H groups in total. The summed E-state index contributed by atoms with van der Waals surface area (Å²) in [6.07, 6.45) is -4.05. The van der Waals surface area contributed by atoms with Crippen LogP contribution in [0.25, 0.3) is 0 Å². The number of ether oxygens (including phenoxy) is 2. The zero-order valence-electron chi connectivity index (χ0n) is 13.2. The average Bonchev–Trinajstić information content (AvgIpc) is 2.94. The number of methoxy groups -OCH3 is 1. The quantitative estimate of drug-likeness (QED) is 0.810. The minimum Gasteiger partial charge on any atom is -0.406 e. The van der Waals surface area contributed by atoms with Crippen LogP contribution >= 0.6 is 0 Å². The molecule has 1 aliphatic heterocycles. The van der Waals surface area contributed by atoms with E-state index in [1.165, 1.54) is 25.3 Å². The third-order valence-corrected chi connectivity index (χ3v) is 3.63. The van der Waals surface area contributed by atoms with E-state index in [9.17, 15) is 18.0 Å². The van der Waals surface area contributed by atoms with Crippen LogP contribution in [-0.4, -0.2) is 51.2 Å². The maximum atomic E-state index is 12.3. The van der Waals surface area contributed by atoms with E-state index in [-0.39, 0.29) is 24.3 Å². The Balaban J connectivity index is 1.93. The summed E-state index contributed by atoms with van der Waals surface area (Å²) in [5, 5.41) is 2.82. The maximum Gasteiger partial charge on any atom is 0.573 e. The molecule has 1 aromatic carbocycles. The fourth-order valence-electron chi connectivity index (χ4n) is 2.55. The van der Waals surface area contributed by atoms with Crippen molar-refractivity contribution in [2.24, 2.45) is 5.73 Å². The van der Waals surface area contributed by atoms with Crippen LogP contribution in [0.1, 0.15) is 6.42 Å². The summed E-state index contributed by atoms with van der Waals surface area (Å²) >= 11 is 0. The van der Waals surface area contributed by atoms with Gasteiger partial charge in [0.15, 0.2) is 0 Å². The van der Waals surface area contributed by atoms with E-state index in [1.54, 1.807) is 6.07 Å². The van der Waals surface area contributed by atoms with E-state index in [0.717, 1.165) is 0 Å². The Hall–Kier alpha value is -2.00. The van der Waals surface area contributed by atoms with Crippen LogP contribution in [-0.2, 0) is 9.53 Å². The molecule has 1 aromatic rings. The van der Waals surface area contributed by atoms with Crippen molar-refractivity contribution in [2.75, 3.05) is 31.7 Å². The standard InChI is InChI=1S/C15H20F3N3O3/c1-23-9-13(19)14(22)20-10-5-6-21(8-10)11-3-2-4-12(7-11)24-15(16,17)18/h2-4,7,10,13H,5-6,8-9,19H2,1H3,(H,20,22). The predicted octanol–water partition coefficient (Wildman–Crippen LogP) is 1.25. The number of benzene rings is 1. The number of rotatable bonds is 6. The molecule has 0 radical (unpaired) electrons. The van der Waals surface area contributed by atoms with Crippen LogP contribution in [0.5, 0.6) is 5.75 Å². The van der Waals surface area contributed by atoms with Crippen molar-refractivity contribution >= 4 is 11.6 Å². The molecule has 1 aliphatic rings. The van der Waals surface area contributed by atoms with Crippen molar-refractivity contribution in [2.45, 2.75) is 24.9 Å². The van der Waals surface area contributed by atoms with E-state index in [0.29, 0.717) is 25.2 Å². The van der Waals surface area contributed by atoms with Gasteiger partial charge in [0.1, 0.15) is 11.8 Å². The molecule has 0 spiro atoms.